The van der Waals surface area contributed by atoms with Crippen LogP contribution in [0.25, 0.3) is 0 Å². The molecule has 1 aliphatic carbocycles. The molecule has 0 unspecified atom stereocenters. The number of imide groups is 1. The van der Waals surface area contributed by atoms with E-state index in [-0.39, 0.29) is 11.9 Å². The Labute approximate surface area is 188 Å². The van der Waals surface area contributed by atoms with Crippen molar-refractivity contribution in [3.8, 4) is 5.75 Å². The molecule has 3 aliphatic rings. The molecule has 7 nitrogen and oxygen atoms in total. The predicted molar refractivity (Wildman–Crippen MR) is 123 cm³/mol. The van der Waals surface area contributed by atoms with Crippen LogP contribution in [-0.4, -0.2) is 61.7 Å². The summed E-state index contributed by atoms with van der Waals surface area (Å²) in [4.78, 5) is 32.0. The van der Waals surface area contributed by atoms with Crippen LogP contribution in [0.15, 0.2) is 42.5 Å². The number of amides is 3. The Morgan fingerprint density at radius 1 is 0.969 bits per heavy atom. The van der Waals surface area contributed by atoms with Gasteiger partial charge in [0.15, 0.2) is 0 Å². The van der Waals surface area contributed by atoms with Gasteiger partial charge in [0.25, 0.3) is 5.91 Å². The number of anilines is 1. The van der Waals surface area contributed by atoms with E-state index < -0.39 is 5.54 Å². The number of urea groups is 1. The van der Waals surface area contributed by atoms with Gasteiger partial charge in [0.2, 0.25) is 0 Å². The Balaban J connectivity index is 1.23. The van der Waals surface area contributed by atoms with Crippen molar-refractivity contribution in [2.75, 3.05) is 44.9 Å². The summed E-state index contributed by atoms with van der Waals surface area (Å²) in [6.45, 7) is 5.42. The number of aryl methyl sites for hydroxylation is 2. The molecule has 7 heteroatoms. The SMILES string of the molecule is COc1ccc(N2CCN(CN3C(=O)N[C@](C)(c4ccc5c(c4)CCC5)C3=O)CC2)cc1. The average Bonchev–Trinajstić information content (AvgIpc) is 3.38. The third-order valence-electron chi connectivity index (χ3n) is 7.10. The second kappa shape index (κ2) is 8.13. The molecule has 0 bridgehead atoms. The van der Waals surface area contributed by atoms with E-state index in [1.54, 1.807) is 7.11 Å². The molecule has 0 aromatic heterocycles. The Kier molecular flexibility index (Phi) is 5.29. The zero-order chi connectivity index (χ0) is 22.3. The van der Waals surface area contributed by atoms with Gasteiger partial charge < -0.3 is 15.0 Å². The van der Waals surface area contributed by atoms with Gasteiger partial charge in [-0.05, 0) is 67.1 Å². The summed E-state index contributed by atoms with van der Waals surface area (Å²) in [5.74, 6) is 0.676. The topological polar surface area (TPSA) is 65.1 Å². The van der Waals surface area contributed by atoms with Crippen LogP contribution in [0, 0.1) is 0 Å². The molecular weight excluding hydrogens is 404 g/mol. The van der Waals surface area contributed by atoms with Crippen molar-refractivity contribution >= 4 is 17.6 Å². The van der Waals surface area contributed by atoms with E-state index in [1.165, 1.54) is 16.0 Å². The van der Waals surface area contributed by atoms with Crippen LogP contribution in [0.5, 0.6) is 5.75 Å². The molecule has 0 spiro atoms. The molecule has 2 aliphatic heterocycles. The van der Waals surface area contributed by atoms with Gasteiger partial charge >= 0.3 is 6.03 Å². The summed E-state index contributed by atoms with van der Waals surface area (Å²) < 4.78 is 5.24. The maximum absolute atomic E-state index is 13.4. The fourth-order valence-electron chi connectivity index (χ4n) is 5.04. The van der Waals surface area contributed by atoms with Gasteiger partial charge in [0.05, 0.1) is 13.8 Å². The van der Waals surface area contributed by atoms with Crippen molar-refractivity contribution in [2.45, 2.75) is 31.7 Å². The fourth-order valence-corrected chi connectivity index (χ4v) is 5.04. The highest BCUT2D eigenvalue weighted by Gasteiger charge is 2.49. The second-order valence-electron chi connectivity index (χ2n) is 9.07. The van der Waals surface area contributed by atoms with Crippen LogP contribution in [0.2, 0.25) is 0 Å². The zero-order valence-electron chi connectivity index (χ0n) is 18.8. The molecule has 1 atom stereocenters. The number of carbonyl (C=O) groups is 2. The standard InChI is InChI=1S/C25H30N4O3/c1-25(20-7-6-18-4-3-5-19(18)16-20)23(30)29(24(31)26-25)17-27-12-14-28(15-13-27)21-8-10-22(32-2)11-9-21/h6-11,16H,3-5,12-15,17H2,1-2H3,(H,26,31)/t25-/m1/s1. The molecule has 2 aromatic rings. The van der Waals surface area contributed by atoms with Gasteiger partial charge in [-0.2, -0.15) is 0 Å². The van der Waals surface area contributed by atoms with Crippen molar-refractivity contribution in [3.63, 3.8) is 0 Å². The first kappa shape index (κ1) is 20.8. The number of carbonyl (C=O) groups excluding carboxylic acids is 2. The van der Waals surface area contributed by atoms with E-state index >= 15 is 0 Å². The van der Waals surface area contributed by atoms with Crippen LogP contribution in [0.4, 0.5) is 10.5 Å². The molecule has 2 heterocycles. The van der Waals surface area contributed by atoms with Crippen molar-refractivity contribution in [1.82, 2.24) is 15.1 Å². The number of hydrogen-bond donors (Lipinski definition) is 1. The maximum atomic E-state index is 13.4. The first-order valence-corrected chi connectivity index (χ1v) is 11.4. The van der Waals surface area contributed by atoms with E-state index in [4.69, 9.17) is 4.74 Å². The molecule has 0 radical (unpaired) electrons. The first-order chi connectivity index (χ1) is 15.5. The summed E-state index contributed by atoms with van der Waals surface area (Å²) in [6.07, 6.45) is 3.30. The first-order valence-electron chi connectivity index (χ1n) is 11.4. The minimum absolute atomic E-state index is 0.168. The number of piperazine rings is 1. The molecule has 1 N–H and O–H groups in total. The molecule has 2 fully saturated rings. The largest absolute Gasteiger partial charge is 0.497 e. The number of fused-ring (bicyclic) bond motifs is 1. The van der Waals surface area contributed by atoms with Crippen molar-refractivity contribution in [3.05, 3.63) is 59.2 Å². The number of nitrogens with one attached hydrogen (secondary N) is 1. The quantitative estimate of drug-likeness (QED) is 0.733. The normalized spacial score (nSPS) is 23.4. The van der Waals surface area contributed by atoms with Gasteiger partial charge in [-0.1, -0.05) is 18.2 Å². The maximum Gasteiger partial charge on any atom is 0.326 e. The number of rotatable bonds is 5. The Morgan fingerprint density at radius 3 is 2.41 bits per heavy atom. The molecule has 3 amide bonds. The molecule has 2 saturated heterocycles. The van der Waals surface area contributed by atoms with Crippen LogP contribution in [0.3, 0.4) is 0 Å². The zero-order valence-corrected chi connectivity index (χ0v) is 18.8. The third-order valence-corrected chi connectivity index (χ3v) is 7.10. The molecule has 0 saturated carbocycles. The molecule has 5 rings (SSSR count). The Hall–Kier alpha value is -3.06. The van der Waals surface area contributed by atoms with Crippen molar-refractivity contribution in [2.24, 2.45) is 0 Å². The second-order valence-corrected chi connectivity index (χ2v) is 9.07. The lowest BCUT2D eigenvalue weighted by molar-refractivity contribution is -0.132. The summed E-state index contributed by atoms with van der Waals surface area (Å²) in [5, 5.41) is 2.96. The van der Waals surface area contributed by atoms with Gasteiger partial charge in [0.1, 0.15) is 11.3 Å². The van der Waals surface area contributed by atoms with Crippen molar-refractivity contribution in [1.29, 1.82) is 0 Å². The van der Waals surface area contributed by atoms with Crippen LogP contribution < -0.4 is 15.0 Å². The highest BCUT2D eigenvalue weighted by atomic mass is 16.5. The Morgan fingerprint density at radius 2 is 1.69 bits per heavy atom. The van der Waals surface area contributed by atoms with Crippen LogP contribution in [0.1, 0.15) is 30.0 Å². The number of benzene rings is 2. The number of hydrogen-bond acceptors (Lipinski definition) is 5. The summed E-state index contributed by atoms with van der Waals surface area (Å²) in [5.41, 5.74) is 3.70. The molecule has 2 aromatic carbocycles. The van der Waals surface area contributed by atoms with Crippen LogP contribution >= 0.6 is 0 Å². The number of ether oxygens (including phenoxy) is 1. The van der Waals surface area contributed by atoms with E-state index in [1.807, 2.05) is 25.1 Å². The number of methoxy groups -OCH3 is 1. The van der Waals surface area contributed by atoms with E-state index in [0.717, 1.165) is 62.4 Å². The smallest absolute Gasteiger partial charge is 0.326 e. The summed E-state index contributed by atoms with van der Waals surface area (Å²) in [6, 6.07) is 14.0. The summed E-state index contributed by atoms with van der Waals surface area (Å²) >= 11 is 0. The molecular formula is C25H30N4O3. The molecule has 32 heavy (non-hydrogen) atoms. The highest BCUT2D eigenvalue weighted by molar-refractivity contribution is 6.07. The lowest BCUT2D eigenvalue weighted by Crippen LogP contribution is -2.51. The Bertz CT molecular complexity index is 1030. The lowest BCUT2D eigenvalue weighted by Gasteiger charge is -2.37. The van der Waals surface area contributed by atoms with Gasteiger partial charge in [-0.15, -0.1) is 0 Å². The van der Waals surface area contributed by atoms with E-state index in [0.29, 0.717) is 6.67 Å². The van der Waals surface area contributed by atoms with Gasteiger partial charge in [-0.3, -0.25) is 9.69 Å². The lowest BCUT2D eigenvalue weighted by atomic mass is 9.90. The molecule has 168 valence electrons. The monoisotopic (exact) mass is 434 g/mol. The third kappa shape index (κ3) is 3.60. The minimum Gasteiger partial charge on any atom is -0.497 e. The predicted octanol–water partition coefficient (Wildman–Crippen LogP) is 2.73. The van der Waals surface area contributed by atoms with Gasteiger partial charge in [0, 0.05) is 31.9 Å². The van der Waals surface area contributed by atoms with Crippen molar-refractivity contribution < 1.29 is 14.3 Å². The summed E-state index contributed by atoms with van der Waals surface area (Å²) in [7, 11) is 1.67. The van der Waals surface area contributed by atoms with Gasteiger partial charge in [-0.25, -0.2) is 9.69 Å². The average molecular weight is 435 g/mol. The van der Waals surface area contributed by atoms with E-state index in [2.05, 4.69) is 39.4 Å². The highest BCUT2D eigenvalue weighted by Crippen LogP contribution is 2.33. The fraction of sp³-hybridized carbons (Fsp3) is 0.440. The number of nitrogens with zero attached hydrogens (tertiary/aromatic N) is 3. The van der Waals surface area contributed by atoms with E-state index in [9.17, 15) is 9.59 Å². The minimum atomic E-state index is -1.00. The van der Waals surface area contributed by atoms with Crippen LogP contribution in [-0.2, 0) is 23.2 Å².